The number of benzene rings is 1. The maximum atomic E-state index is 6.34. The lowest BCUT2D eigenvalue weighted by atomic mass is 9.97. The van der Waals surface area contributed by atoms with Gasteiger partial charge in [-0.15, -0.1) is 0 Å². The standard InChI is InChI=1S/C15H17N3O/c1-10-17-8-7-13(18-10)14(16)12-6-2-4-11-5-3-9-19-15(11)12/h2,4,6-8,14H,3,5,9,16H2,1H3. The predicted molar refractivity (Wildman–Crippen MR) is 73.1 cm³/mol. The molecule has 1 aromatic heterocycles. The molecule has 1 atom stereocenters. The summed E-state index contributed by atoms with van der Waals surface area (Å²) in [6.45, 7) is 2.63. The van der Waals surface area contributed by atoms with E-state index in [4.69, 9.17) is 10.5 Å². The van der Waals surface area contributed by atoms with Crippen LogP contribution in [-0.4, -0.2) is 16.6 Å². The zero-order valence-electron chi connectivity index (χ0n) is 11.0. The summed E-state index contributed by atoms with van der Waals surface area (Å²) >= 11 is 0. The molecule has 2 N–H and O–H groups in total. The van der Waals surface area contributed by atoms with E-state index in [1.807, 2.05) is 25.1 Å². The number of hydrogen-bond acceptors (Lipinski definition) is 4. The third-order valence-electron chi connectivity index (χ3n) is 3.42. The number of ether oxygens (including phenoxy) is 1. The molecule has 1 aliphatic rings. The Morgan fingerprint density at radius 2 is 2.21 bits per heavy atom. The average Bonchev–Trinajstić information content (AvgIpc) is 2.46. The Labute approximate surface area is 112 Å². The van der Waals surface area contributed by atoms with Crippen molar-refractivity contribution in [2.75, 3.05) is 6.61 Å². The normalized spacial score (nSPS) is 15.5. The van der Waals surface area contributed by atoms with Crippen molar-refractivity contribution < 1.29 is 4.74 Å². The van der Waals surface area contributed by atoms with Crippen LogP contribution < -0.4 is 10.5 Å². The lowest BCUT2D eigenvalue weighted by Gasteiger charge is -2.23. The van der Waals surface area contributed by atoms with Crippen LogP contribution in [0.4, 0.5) is 0 Å². The number of para-hydroxylation sites is 1. The monoisotopic (exact) mass is 255 g/mol. The van der Waals surface area contributed by atoms with Gasteiger partial charge >= 0.3 is 0 Å². The first kappa shape index (κ1) is 12.1. The second-order valence-electron chi connectivity index (χ2n) is 4.79. The number of aromatic nitrogens is 2. The highest BCUT2D eigenvalue weighted by Crippen LogP contribution is 2.33. The fourth-order valence-corrected chi connectivity index (χ4v) is 2.47. The Balaban J connectivity index is 2.02. The summed E-state index contributed by atoms with van der Waals surface area (Å²) in [5.41, 5.74) is 9.42. The van der Waals surface area contributed by atoms with Crippen LogP contribution in [0.5, 0.6) is 5.75 Å². The summed E-state index contributed by atoms with van der Waals surface area (Å²) in [6, 6.07) is 7.76. The topological polar surface area (TPSA) is 61.0 Å². The summed E-state index contributed by atoms with van der Waals surface area (Å²) < 4.78 is 5.80. The van der Waals surface area contributed by atoms with Gasteiger partial charge in [-0.05, 0) is 31.4 Å². The average molecular weight is 255 g/mol. The van der Waals surface area contributed by atoms with E-state index in [1.165, 1.54) is 5.56 Å². The number of nitrogens with zero attached hydrogens (tertiary/aromatic N) is 2. The summed E-state index contributed by atoms with van der Waals surface area (Å²) in [6.07, 6.45) is 3.87. The molecule has 4 heteroatoms. The van der Waals surface area contributed by atoms with E-state index >= 15 is 0 Å². The largest absolute Gasteiger partial charge is 0.493 e. The third kappa shape index (κ3) is 2.31. The molecule has 0 fully saturated rings. The van der Waals surface area contributed by atoms with Gasteiger partial charge in [0.25, 0.3) is 0 Å². The molecule has 0 aliphatic carbocycles. The van der Waals surface area contributed by atoms with E-state index in [2.05, 4.69) is 16.0 Å². The highest BCUT2D eigenvalue weighted by molar-refractivity contribution is 5.46. The number of rotatable bonds is 2. The Hall–Kier alpha value is -1.94. The minimum atomic E-state index is -0.269. The van der Waals surface area contributed by atoms with Crippen LogP contribution >= 0.6 is 0 Å². The van der Waals surface area contributed by atoms with Crippen molar-refractivity contribution in [3.05, 3.63) is 53.1 Å². The molecule has 0 amide bonds. The van der Waals surface area contributed by atoms with Gasteiger partial charge in [0.05, 0.1) is 18.3 Å². The molecule has 0 radical (unpaired) electrons. The van der Waals surface area contributed by atoms with Gasteiger partial charge in [0, 0.05) is 11.8 Å². The molecular weight excluding hydrogens is 238 g/mol. The van der Waals surface area contributed by atoms with E-state index in [9.17, 15) is 0 Å². The molecule has 1 aliphatic heterocycles. The van der Waals surface area contributed by atoms with Crippen molar-refractivity contribution in [2.24, 2.45) is 5.73 Å². The Morgan fingerprint density at radius 3 is 3.05 bits per heavy atom. The van der Waals surface area contributed by atoms with Crippen molar-refractivity contribution in [1.82, 2.24) is 9.97 Å². The Kier molecular flexibility index (Phi) is 3.17. The summed E-state index contributed by atoms with van der Waals surface area (Å²) in [5, 5.41) is 0. The Morgan fingerprint density at radius 1 is 1.32 bits per heavy atom. The zero-order valence-corrected chi connectivity index (χ0v) is 11.0. The van der Waals surface area contributed by atoms with Gasteiger partial charge in [0.1, 0.15) is 11.6 Å². The van der Waals surface area contributed by atoms with E-state index < -0.39 is 0 Å². The minimum absolute atomic E-state index is 0.269. The Bertz CT molecular complexity index is 598. The van der Waals surface area contributed by atoms with Gasteiger partial charge in [-0.25, -0.2) is 9.97 Å². The van der Waals surface area contributed by atoms with Crippen LogP contribution in [0.15, 0.2) is 30.5 Å². The van der Waals surface area contributed by atoms with Crippen LogP contribution in [0.3, 0.4) is 0 Å². The van der Waals surface area contributed by atoms with Crippen molar-refractivity contribution in [1.29, 1.82) is 0 Å². The van der Waals surface area contributed by atoms with Crippen molar-refractivity contribution in [2.45, 2.75) is 25.8 Å². The fraction of sp³-hybridized carbons (Fsp3) is 0.333. The van der Waals surface area contributed by atoms with Crippen molar-refractivity contribution >= 4 is 0 Å². The van der Waals surface area contributed by atoms with Crippen LogP contribution in [0, 0.1) is 6.92 Å². The summed E-state index contributed by atoms with van der Waals surface area (Å²) in [5.74, 6) is 1.68. The smallest absolute Gasteiger partial charge is 0.127 e. The highest BCUT2D eigenvalue weighted by atomic mass is 16.5. The van der Waals surface area contributed by atoms with Gasteiger partial charge in [-0.2, -0.15) is 0 Å². The van der Waals surface area contributed by atoms with E-state index in [-0.39, 0.29) is 6.04 Å². The molecule has 1 unspecified atom stereocenters. The number of fused-ring (bicyclic) bond motifs is 1. The minimum Gasteiger partial charge on any atom is -0.493 e. The number of nitrogens with two attached hydrogens (primary N) is 1. The SMILES string of the molecule is Cc1nccc(C(N)c2cccc3c2OCCC3)n1. The van der Waals surface area contributed by atoms with Gasteiger partial charge < -0.3 is 10.5 Å². The van der Waals surface area contributed by atoms with Gasteiger partial charge in [-0.3, -0.25) is 0 Å². The van der Waals surface area contributed by atoms with E-state index in [1.54, 1.807) is 6.20 Å². The molecule has 2 aromatic rings. The van der Waals surface area contributed by atoms with Gasteiger partial charge in [-0.1, -0.05) is 18.2 Å². The van der Waals surface area contributed by atoms with Gasteiger partial charge in [0.15, 0.2) is 0 Å². The first-order chi connectivity index (χ1) is 9.25. The van der Waals surface area contributed by atoms with Crippen LogP contribution in [-0.2, 0) is 6.42 Å². The van der Waals surface area contributed by atoms with Gasteiger partial charge in [0.2, 0.25) is 0 Å². The molecule has 98 valence electrons. The second kappa shape index (κ2) is 4.97. The fourth-order valence-electron chi connectivity index (χ4n) is 2.47. The van der Waals surface area contributed by atoms with Crippen LogP contribution in [0.25, 0.3) is 0 Å². The summed E-state index contributed by atoms with van der Waals surface area (Å²) in [4.78, 5) is 8.51. The number of aryl methyl sites for hydroxylation is 2. The summed E-state index contributed by atoms with van der Waals surface area (Å²) in [7, 11) is 0. The molecule has 0 saturated carbocycles. The predicted octanol–water partition coefficient (Wildman–Crippen LogP) is 2.16. The van der Waals surface area contributed by atoms with E-state index in [0.29, 0.717) is 0 Å². The molecular formula is C15H17N3O. The lowest BCUT2D eigenvalue weighted by Crippen LogP contribution is -2.18. The zero-order chi connectivity index (χ0) is 13.2. The first-order valence-electron chi connectivity index (χ1n) is 6.55. The molecule has 19 heavy (non-hydrogen) atoms. The second-order valence-corrected chi connectivity index (χ2v) is 4.79. The first-order valence-corrected chi connectivity index (χ1v) is 6.55. The molecule has 3 rings (SSSR count). The molecule has 0 saturated heterocycles. The maximum Gasteiger partial charge on any atom is 0.127 e. The quantitative estimate of drug-likeness (QED) is 0.893. The van der Waals surface area contributed by atoms with Crippen LogP contribution in [0.1, 0.15) is 35.1 Å². The molecule has 1 aromatic carbocycles. The highest BCUT2D eigenvalue weighted by Gasteiger charge is 2.20. The maximum absolute atomic E-state index is 6.34. The van der Waals surface area contributed by atoms with Crippen molar-refractivity contribution in [3.8, 4) is 5.75 Å². The lowest BCUT2D eigenvalue weighted by molar-refractivity contribution is 0.284. The molecule has 4 nitrogen and oxygen atoms in total. The number of hydrogen-bond donors (Lipinski definition) is 1. The molecule has 2 heterocycles. The van der Waals surface area contributed by atoms with E-state index in [0.717, 1.165) is 42.3 Å². The molecule has 0 bridgehead atoms. The van der Waals surface area contributed by atoms with Crippen molar-refractivity contribution in [3.63, 3.8) is 0 Å². The molecule has 0 spiro atoms. The third-order valence-corrected chi connectivity index (χ3v) is 3.42. The van der Waals surface area contributed by atoms with Crippen LogP contribution in [0.2, 0.25) is 0 Å².